The lowest BCUT2D eigenvalue weighted by molar-refractivity contribution is -0.161. The van der Waals surface area contributed by atoms with Crippen molar-refractivity contribution in [1.82, 2.24) is 0 Å². The van der Waals surface area contributed by atoms with Crippen LogP contribution >= 0.6 is 15.6 Å². The van der Waals surface area contributed by atoms with Gasteiger partial charge in [0.15, 0.2) is 12.2 Å². The molecule has 3 N–H and O–H groups in total. The molecule has 0 saturated carbocycles. The van der Waals surface area contributed by atoms with E-state index in [1.807, 2.05) is 0 Å². The molecule has 5 atom stereocenters. The molecule has 0 saturated heterocycles. The maximum atomic E-state index is 13.1. The average molecular weight is 1410 g/mol. The van der Waals surface area contributed by atoms with Crippen LogP contribution in [-0.2, 0) is 65.4 Å². The van der Waals surface area contributed by atoms with Gasteiger partial charge in [-0.2, -0.15) is 0 Å². The van der Waals surface area contributed by atoms with Gasteiger partial charge in [0.25, 0.3) is 0 Å². The van der Waals surface area contributed by atoms with Crippen molar-refractivity contribution in [3.8, 4) is 0 Å². The number of esters is 4. The van der Waals surface area contributed by atoms with Crippen LogP contribution in [0, 0.1) is 5.92 Å². The normalized spacial score (nSPS) is 13.9. The van der Waals surface area contributed by atoms with Gasteiger partial charge in [-0.3, -0.25) is 37.3 Å². The third-order valence-electron chi connectivity index (χ3n) is 18.0. The van der Waals surface area contributed by atoms with Crippen LogP contribution in [0.5, 0.6) is 0 Å². The Morgan fingerprint density at radius 2 is 0.479 bits per heavy atom. The van der Waals surface area contributed by atoms with Gasteiger partial charge >= 0.3 is 39.5 Å². The molecule has 0 bridgehead atoms. The molecule has 0 heterocycles. The van der Waals surface area contributed by atoms with E-state index in [-0.39, 0.29) is 25.7 Å². The predicted molar refractivity (Wildman–Crippen MR) is 391 cm³/mol. The van der Waals surface area contributed by atoms with E-state index in [9.17, 15) is 43.2 Å². The van der Waals surface area contributed by atoms with Crippen molar-refractivity contribution in [3.63, 3.8) is 0 Å². The van der Waals surface area contributed by atoms with Crippen molar-refractivity contribution in [2.24, 2.45) is 5.92 Å². The SMILES string of the molecule is CCCCCCCCCCCCCCCCCCCCCCCCC(=O)O[C@H](COC(=O)CCCCCCCCCCCCCCCCC)COP(=O)(O)OC[C@@H](O)COP(=O)(O)OC[C@@H](COC(=O)CCCCCCCCC)OC(=O)CCCCCCCCCCCC(C)C. The third kappa shape index (κ3) is 70.5. The minimum atomic E-state index is -4.96. The van der Waals surface area contributed by atoms with E-state index < -0.39 is 97.5 Å². The lowest BCUT2D eigenvalue weighted by Gasteiger charge is -2.21. The summed E-state index contributed by atoms with van der Waals surface area (Å²) in [5.41, 5.74) is 0. The number of phosphoric ester groups is 2. The molecule has 570 valence electrons. The van der Waals surface area contributed by atoms with E-state index in [0.717, 1.165) is 109 Å². The van der Waals surface area contributed by atoms with Crippen LogP contribution in [0.2, 0.25) is 0 Å². The summed E-state index contributed by atoms with van der Waals surface area (Å²) in [6, 6.07) is 0. The molecule has 0 aliphatic heterocycles. The number of aliphatic hydroxyl groups is 1. The van der Waals surface area contributed by atoms with Crippen LogP contribution in [0.15, 0.2) is 0 Å². The Balaban J connectivity index is 5.15. The van der Waals surface area contributed by atoms with E-state index in [2.05, 4.69) is 34.6 Å². The highest BCUT2D eigenvalue weighted by atomic mass is 31.2. The standard InChI is InChI=1S/C77H150O17P2/c1-6-9-12-15-18-20-22-24-26-27-28-29-30-31-32-34-36-38-42-47-52-57-62-76(81)94-73(67-88-75(80)61-56-51-46-41-37-35-33-25-23-21-19-16-13-10-7-2)69-92-96(85,86)90-65-71(78)64-89-95(83,84)91-68-72(66-87-74(79)60-55-50-44-17-14-11-8-3)93-77(82)63-58-53-48-43-39-40-45-49-54-59-70(4)5/h70-73,78H,6-69H2,1-5H3,(H,83,84)(H,85,86)/t71-,72+,73+/m0/s1. The van der Waals surface area contributed by atoms with E-state index >= 15 is 0 Å². The van der Waals surface area contributed by atoms with Gasteiger partial charge in [-0.1, -0.05) is 356 Å². The lowest BCUT2D eigenvalue weighted by Crippen LogP contribution is -2.30. The predicted octanol–water partition coefficient (Wildman–Crippen LogP) is 22.9. The molecule has 0 rings (SSSR count). The first kappa shape index (κ1) is 94.1. The second kappa shape index (κ2) is 70.1. The van der Waals surface area contributed by atoms with E-state index in [1.165, 1.54) is 218 Å². The van der Waals surface area contributed by atoms with Crippen LogP contribution in [0.25, 0.3) is 0 Å². The summed E-state index contributed by atoms with van der Waals surface area (Å²) in [7, 11) is -9.90. The Morgan fingerprint density at radius 3 is 0.708 bits per heavy atom. The van der Waals surface area contributed by atoms with E-state index in [1.54, 1.807) is 0 Å². The molecular formula is C77H150O17P2. The van der Waals surface area contributed by atoms with Gasteiger partial charge in [0.05, 0.1) is 26.4 Å². The molecule has 0 amide bonds. The molecule has 0 aromatic carbocycles. The third-order valence-corrected chi connectivity index (χ3v) is 19.9. The maximum absolute atomic E-state index is 13.1. The van der Waals surface area contributed by atoms with Crippen molar-refractivity contribution in [2.75, 3.05) is 39.6 Å². The molecule has 0 aliphatic carbocycles. The van der Waals surface area contributed by atoms with Crippen molar-refractivity contribution in [1.29, 1.82) is 0 Å². The second-order valence-electron chi connectivity index (χ2n) is 28.2. The highest BCUT2D eigenvalue weighted by Crippen LogP contribution is 2.45. The van der Waals surface area contributed by atoms with Crippen LogP contribution < -0.4 is 0 Å². The summed E-state index contributed by atoms with van der Waals surface area (Å²) >= 11 is 0. The number of rotatable bonds is 77. The molecular weight excluding hydrogens is 1260 g/mol. The number of ether oxygens (including phenoxy) is 4. The number of phosphoric acid groups is 2. The smallest absolute Gasteiger partial charge is 0.462 e. The maximum Gasteiger partial charge on any atom is 0.472 e. The first-order chi connectivity index (χ1) is 46.5. The highest BCUT2D eigenvalue weighted by Gasteiger charge is 2.30. The van der Waals surface area contributed by atoms with Crippen LogP contribution in [0.1, 0.15) is 407 Å². The summed E-state index contributed by atoms with van der Waals surface area (Å²) in [4.78, 5) is 72.7. The monoisotopic (exact) mass is 1410 g/mol. The van der Waals surface area contributed by atoms with Gasteiger partial charge < -0.3 is 33.8 Å². The van der Waals surface area contributed by atoms with Crippen molar-refractivity contribution in [2.45, 2.75) is 425 Å². The Bertz CT molecular complexity index is 1840. The van der Waals surface area contributed by atoms with E-state index in [4.69, 9.17) is 37.0 Å². The molecule has 0 fully saturated rings. The number of hydrogen-bond acceptors (Lipinski definition) is 15. The van der Waals surface area contributed by atoms with Crippen LogP contribution in [-0.4, -0.2) is 96.7 Å². The summed E-state index contributed by atoms with van der Waals surface area (Å²) in [6.45, 7) is 7.23. The molecule has 0 aromatic rings. The Hall–Kier alpha value is -1.94. The molecule has 17 nitrogen and oxygen atoms in total. The number of carbonyl (C=O) groups is 4. The molecule has 19 heteroatoms. The molecule has 2 unspecified atom stereocenters. The zero-order valence-corrected chi connectivity index (χ0v) is 64.3. The Kier molecular flexibility index (Phi) is 68.7. The molecule has 0 spiro atoms. The zero-order chi connectivity index (χ0) is 70.5. The van der Waals surface area contributed by atoms with Gasteiger partial charge in [0.2, 0.25) is 0 Å². The zero-order valence-electron chi connectivity index (χ0n) is 62.5. The van der Waals surface area contributed by atoms with Gasteiger partial charge in [0.1, 0.15) is 19.3 Å². The quantitative estimate of drug-likeness (QED) is 0.0222. The second-order valence-corrected chi connectivity index (χ2v) is 31.1. The molecule has 0 aromatic heterocycles. The fraction of sp³-hybridized carbons (Fsp3) is 0.948. The van der Waals surface area contributed by atoms with Gasteiger partial charge in [0, 0.05) is 25.7 Å². The fourth-order valence-electron chi connectivity index (χ4n) is 11.9. The van der Waals surface area contributed by atoms with Gasteiger partial charge in [-0.25, -0.2) is 9.13 Å². The topological polar surface area (TPSA) is 237 Å². The average Bonchev–Trinajstić information content (AvgIpc) is 1.18. The van der Waals surface area contributed by atoms with Crippen molar-refractivity contribution < 1.29 is 80.2 Å². The van der Waals surface area contributed by atoms with Gasteiger partial charge in [-0.15, -0.1) is 0 Å². The van der Waals surface area contributed by atoms with Crippen LogP contribution in [0.3, 0.4) is 0 Å². The summed E-state index contributed by atoms with van der Waals surface area (Å²) in [5.74, 6) is -1.38. The number of carbonyl (C=O) groups excluding carboxylic acids is 4. The highest BCUT2D eigenvalue weighted by molar-refractivity contribution is 7.47. The summed E-state index contributed by atoms with van der Waals surface area (Å²) in [6.07, 6.45) is 60.0. The first-order valence-corrected chi connectivity index (χ1v) is 43.1. The molecule has 96 heavy (non-hydrogen) atoms. The van der Waals surface area contributed by atoms with Crippen LogP contribution in [0.4, 0.5) is 0 Å². The minimum Gasteiger partial charge on any atom is -0.462 e. The molecule has 0 radical (unpaired) electrons. The number of aliphatic hydroxyl groups excluding tert-OH is 1. The lowest BCUT2D eigenvalue weighted by atomic mass is 10.0. The van der Waals surface area contributed by atoms with Gasteiger partial charge in [-0.05, 0) is 31.6 Å². The minimum absolute atomic E-state index is 0.105. The van der Waals surface area contributed by atoms with Crippen molar-refractivity contribution >= 4 is 39.5 Å². The molecule has 0 aliphatic rings. The number of hydrogen-bond donors (Lipinski definition) is 3. The Morgan fingerprint density at radius 1 is 0.281 bits per heavy atom. The Labute approximate surface area is 588 Å². The first-order valence-electron chi connectivity index (χ1n) is 40.1. The van der Waals surface area contributed by atoms with E-state index in [0.29, 0.717) is 25.7 Å². The summed E-state index contributed by atoms with van der Waals surface area (Å²) in [5, 5.41) is 10.6. The van der Waals surface area contributed by atoms with Crippen molar-refractivity contribution in [3.05, 3.63) is 0 Å². The number of unbranched alkanes of at least 4 members (excludes halogenated alkanes) is 49. The largest absolute Gasteiger partial charge is 0.472 e. The fourth-order valence-corrected chi connectivity index (χ4v) is 13.5. The summed E-state index contributed by atoms with van der Waals surface area (Å²) < 4.78 is 68.4.